The maximum Gasteiger partial charge on any atom is 0.326 e. The number of hydrogen-bond donors (Lipinski definition) is 8. The van der Waals surface area contributed by atoms with Crippen molar-refractivity contribution in [3.05, 3.63) is 0 Å². The molecule has 0 bridgehead atoms. The first-order valence-electron chi connectivity index (χ1n) is 12.0. The second kappa shape index (κ2) is 17.2. The lowest BCUT2D eigenvalue weighted by molar-refractivity contribution is -0.144. The van der Waals surface area contributed by atoms with Gasteiger partial charge in [-0.25, -0.2) is 4.79 Å². The maximum absolute atomic E-state index is 13.0. The van der Waals surface area contributed by atoms with Crippen molar-refractivity contribution in [3.8, 4) is 0 Å². The lowest BCUT2D eigenvalue weighted by atomic mass is 9.98. The summed E-state index contributed by atoms with van der Waals surface area (Å²) in [5.41, 5.74) is 16.9. The number of nitrogens with two attached hydrogens (primary N) is 3. The van der Waals surface area contributed by atoms with Crippen LogP contribution < -0.4 is 33.2 Å². The molecule has 0 fully saturated rings. The average Bonchev–Trinajstić information content (AvgIpc) is 2.78. The van der Waals surface area contributed by atoms with E-state index < -0.39 is 54.0 Å². The molecule has 6 unspecified atom stereocenters. The van der Waals surface area contributed by atoms with Crippen molar-refractivity contribution in [1.29, 1.82) is 0 Å². The summed E-state index contributed by atoms with van der Waals surface area (Å²) >= 11 is 0. The van der Waals surface area contributed by atoms with Gasteiger partial charge in [-0.3, -0.25) is 14.4 Å². The number of aliphatic hydroxyl groups is 1. The number of aliphatic carboxylic acids is 1. The van der Waals surface area contributed by atoms with Crippen LogP contribution in [0.15, 0.2) is 0 Å². The highest BCUT2D eigenvalue weighted by atomic mass is 16.4. The second-order valence-electron chi connectivity index (χ2n) is 8.67. The molecule has 0 aliphatic rings. The number of aliphatic hydroxyl groups excluding tert-OH is 1. The summed E-state index contributed by atoms with van der Waals surface area (Å²) in [6.07, 6.45) is 2.41. The normalized spacial score (nSPS) is 16.4. The smallest absolute Gasteiger partial charge is 0.326 e. The summed E-state index contributed by atoms with van der Waals surface area (Å²) < 4.78 is 0. The third kappa shape index (κ3) is 11.7. The zero-order chi connectivity index (χ0) is 26.3. The van der Waals surface area contributed by atoms with Gasteiger partial charge in [0.15, 0.2) is 0 Å². The Labute approximate surface area is 201 Å². The Morgan fingerprint density at radius 3 is 1.79 bits per heavy atom. The molecule has 0 rings (SSSR count). The maximum atomic E-state index is 13.0. The molecule has 0 aromatic carbocycles. The largest absolute Gasteiger partial charge is 0.480 e. The Hall–Kier alpha value is -2.28. The molecule has 0 saturated carbocycles. The van der Waals surface area contributed by atoms with E-state index in [1.165, 1.54) is 6.92 Å². The van der Waals surface area contributed by atoms with Crippen LogP contribution in [0.2, 0.25) is 0 Å². The molecule has 6 atom stereocenters. The van der Waals surface area contributed by atoms with E-state index in [0.29, 0.717) is 45.2 Å². The van der Waals surface area contributed by atoms with Crippen molar-refractivity contribution in [2.75, 3.05) is 13.1 Å². The molecule has 198 valence electrons. The first-order valence-corrected chi connectivity index (χ1v) is 12.0. The predicted octanol–water partition coefficient (Wildman–Crippen LogP) is -1.46. The number of carboxylic acid groups (broad SMARTS) is 1. The predicted molar refractivity (Wildman–Crippen MR) is 128 cm³/mol. The lowest BCUT2D eigenvalue weighted by Crippen LogP contribution is -2.60. The Morgan fingerprint density at radius 1 is 0.794 bits per heavy atom. The van der Waals surface area contributed by atoms with Crippen LogP contribution in [0, 0.1) is 5.92 Å². The van der Waals surface area contributed by atoms with Gasteiger partial charge in [0.25, 0.3) is 0 Å². The van der Waals surface area contributed by atoms with Gasteiger partial charge in [-0.15, -0.1) is 0 Å². The van der Waals surface area contributed by atoms with Crippen molar-refractivity contribution >= 4 is 23.7 Å². The minimum atomic E-state index is -1.41. The van der Waals surface area contributed by atoms with Crippen molar-refractivity contribution in [2.45, 2.75) is 96.0 Å². The van der Waals surface area contributed by atoms with E-state index in [-0.39, 0.29) is 12.3 Å². The number of carbonyl (C=O) groups is 4. The van der Waals surface area contributed by atoms with Gasteiger partial charge in [0.2, 0.25) is 17.7 Å². The van der Waals surface area contributed by atoms with Gasteiger partial charge in [-0.1, -0.05) is 26.7 Å². The average molecular weight is 489 g/mol. The van der Waals surface area contributed by atoms with Crippen LogP contribution in [-0.2, 0) is 19.2 Å². The summed E-state index contributed by atoms with van der Waals surface area (Å²) in [5.74, 6) is -3.60. The van der Waals surface area contributed by atoms with Gasteiger partial charge in [0.05, 0.1) is 12.1 Å². The van der Waals surface area contributed by atoms with Crippen LogP contribution >= 0.6 is 0 Å². The number of rotatable bonds is 18. The van der Waals surface area contributed by atoms with Gasteiger partial charge in [0, 0.05) is 0 Å². The number of amides is 3. The topological polar surface area (TPSA) is 223 Å². The summed E-state index contributed by atoms with van der Waals surface area (Å²) in [6, 6.07) is -4.41. The van der Waals surface area contributed by atoms with Crippen LogP contribution in [0.4, 0.5) is 0 Å². The van der Waals surface area contributed by atoms with Crippen LogP contribution in [0.5, 0.6) is 0 Å². The summed E-state index contributed by atoms with van der Waals surface area (Å²) in [7, 11) is 0. The van der Waals surface area contributed by atoms with Gasteiger partial charge in [0.1, 0.15) is 18.1 Å². The van der Waals surface area contributed by atoms with E-state index in [0.717, 1.165) is 6.42 Å². The van der Waals surface area contributed by atoms with Crippen LogP contribution in [0.25, 0.3) is 0 Å². The minimum Gasteiger partial charge on any atom is -0.480 e. The highest BCUT2D eigenvalue weighted by Crippen LogP contribution is 2.10. The lowest BCUT2D eigenvalue weighted by Gasteiger charge is -2.27. The van der Waals surface area contributed by atoms with E-state index in [9.17, 15) is 29.4 Å². The molecule has 0 aliphatic heterocycles. The Morgan fingerprint density at radius 2 is 1.32 bits per heavy atom. The number of nitrogens with one attached hydrogen (secondary N) is 3. The number of carboxylic acids is 1. The molecular formula is C22H44N6O6. The van der Waals surface area contributed by atoms with Crippen LogP contribution in [-0.4, -0.2) is 77.3 Å². The van der Waals surface area contributed by atoms with Crippen molar-refractivity contribution in [1.82, 2.24) is 16.0 Å². The molecular weight excluding hydrogens is 444 g/mol. The van der Waals surface area contributed by atoms with E-state index in [1.807, 2.05) is 0 Å². The molecule has 12 nitrogen and oxygen atoms in total. The molecule has 0 aromatic heterocycles. The number of hydrogen-bond acceptors (Lipinski definition) is 8. The molecule has 11 N–H and O–H groups in total. The molecule has 12 heteroatoms. The fraction of sp³-hybridized carbons (Fsp3) is 0.818. The minimum absolute atomic E-state index is 0.253. The molecule has 0 spiro atoms. The quantitative estimate of drug-likeness (QED) is 0.105. The molecule has 0 aliphatic carbocycles. The fourth-order valence-corrected chi connectivity index (χ4v) is 3.27. The van der Waals surface area contributed by atoms with E-state index in [2.05, 4.69) is 16.0 Å². The SMILES string of the molecule is CCC(C)C(NC(=O)C(NC(=O)C(CCCCN)NC(=O)C(N)CCCCN)C(C)O)C(=O)O. The highest BCUT2D eigenvalue weighted by molar-refractivity contribution is 5.94. The zero-order valence-corrected chi connectivity index (χ0v) is 20.6. The van der Waals surface area contributed by atoms with Crippen molar-refractivity contribution < 1.29 is 29.4 Å². The van der Waals surface area contributed by atoms with Gasteiger partial charge >= 0.3 is 5.97 Å². The molecule has 3 amide bonds. The Balaban J connectivity index is 5.39. The summed E-state index contributed by atoms with van der Waals surface area (Å²) in [4.78, 5) is 49.7. The van der Waals surface area contributed by atoms with Gasteiger partial charge in [-0.05, 0) is 58.0 Å². The Kier molecular flexibility index (Phi) is 16.0. The standard InChI is InChI=1S/C22H44N6O6/c1-4-13(2)17(22(33)34)27-21(32)18(14(3)29)28-20(31)16(10-6-8-12-24)26-19(30)15(25)9-5-7-11-23/h13-18,29H,4-12,23-25H2,1-3H3,(H,26,30)(H,27,32)(H,28,31)(H,33,34). The third-order valence-corrected chi connectivity index (χ3v) is 5.73. The van der Waals surface area contributed by atoms with Crippen molar-refractivity contribution in [3.63, 3.8) is 0 Å². The number of unbranched alkanes of at least 4 members (excludes halogenated alkanes) is 2. The highest BCUT2D eigenvalue weighted by Gasteiger charge is 2.33. The zero-order valence-electron chi connectivity index (χ0n) is 20.6. The van der Waals surface area contributed by atoms with Gasteiger partial charge in [-0.2, -0.15) is 0 Å². The second-order valence-corrected chi connectivity index (χ2v) is 8.67. The van der Waals surface area contributed by atoms with Gasteiger partial charge < -0.3 is 43.4 Å². The molecule has 0 radical (unpaired) electrons. The summed E-state index contributed by atoms with van der Waals surface area (Å²) in [5, 5.41) is 27.0. The first-order chi connectivity index (χ1) is 16.0. The van der Waals surface area contributed by atoms with E-state index >= 15 is 0 Å². The molecule has 34 heavy (non-hydrogen) atoms. The van der Waals surface area contributed by atoms with E-state index in [1.54, 1.807) is 13.8 Å². The Bertz CT molecular complexity index is 647. The van der Waals surface area contributed by atoms with Crippen molar-refractivity contribution in [2.24, 2.45) is 23.1 Å². The van der Waals surface area contributed by atoms with Crippen LogP contribution in [0.1, 0.15) is 65.7 Å². The first kappa shape index (κ1) is 31.7. The van der Waals surface area contributed by atoms with Crippen LogP contribution in [0.3, 0.4) is 0 Å². The molecule has 0 saturated heterocycles. The molecule has 0 heterocycles. The fourth-order valence-electron chi connectivity index (χ4n) is 3.27. The summed E-state index contributed by atoms with van der Waals surface area (Å²) in [6.45, 7) is 5.66. The molecule has 0 aromatic rings. The number of carbonyl (C=O) groups excluding carboxylic acids is 3. The monoisotopic (exact) mass is 488 g/mol. The van der Waals surface area contributed by atoms with E-state index in [4.69, 9.17) is 17.2 Å². The third-order valence-electron chi connectivity index (χ3n) is 5.73.